The molecular weight excluding hydrogens is 1440 g/mol. The van der Waals surface area contributed by atoms with Crippen LogP contribution in [0.15, 0.2) is 123 Å². The molecule has 0 amide bonds. The van der Waals surface area contributed by atoms with Crippen molar-refractivity contribution in [1.82, 2.24) is 49.1 Å². The number of Topliss-reactive ketones (excluding diaryl/α,β-unsaturated/α-hetero) is 1. The summed E-state index contributed by atoms with van der Waals surface area (Å²) in [5.41, 5.74) is 0.452. The number of rotatable bonds is 17. The zero-order valence-electron chi connectivity index (χ0n) is 51.1. The minimum atomic E-state index is -4.50. The highest BCUT2D eigenvalue weighted by molar-refractivity contribution is 9.11. The third-order valence-electron chi connectivity index (χ3n) is 12.6. The topological polar surface area (TPSA) is 281 Å². The van der Waals surface area contributed by atoms with E-state index in [1.807, 2.05) is 74.8 Å². The van der Waals surface area contributed by atoms with Crippen molar-refractivity contribution in [3.8, 4) is 22.9 Å². The van der Waals surface area contributed by atoms with E-state index in [0.29, 0.717) is 41.8 Å². The number of hydrogen-bond donors (Lipinski definition) is 4. The van der Waals surface area contributed by atoms with Crippen molar-refractivity contribution >= 4 is 95.1 Å². The third-order valence-corrected chi connectivity index (χ3v) is 14.0. The monoisotopic (exact) mass is 1520 g/mol. The summed E-state index contributed by atoms with van der Waals surface area (Å²) < 4.78 is 120. The molecule has 1 aliphatic rings. The fraction of sp³-hybridized carbons (Fsp3) is 0.443. The Hall–Kier alpha value is -6.98. The van der Waals surface area contributed by atoms with Gasteiger partial charge in [-0.15, -0.1) is 20.4 Å². The number of carbonyl (C=O) groups excluding carboxylic acids is 1. The number of ether oxygens (including phenoxy) is 5. The maximum absolute atomic E-state index is 12.9. The summed E-state index contributed by atoms with van der Waals surface area (Å²) >= 11 is 9.90. The summed E-state index contributed by atoms with van der Waals surface area (Å²) in [6.07, 6.45) is 1.19. The van der Waals surface area contributed by atoms with Crippen LogP contribution in [0.2, 0.25) is 0 Å². The molecule has 33 heteroatoms. The number of methoxy groups -OCH3 is 3. The molecule has 9 rings (SSSR count). The van der Waals surface area contributed by atoms with Crippen molar-refractivity contribution in [2.75, 3.05) is 45.2 Å². The Morgan fingerprint density at radius 2 is 1.03 bits per heavy atom. The van der Waals surface area contributed by atoms with E-state index < -0.39 is 47.8 Å². The van der Waals surface area contributed by atoms with Crippen LogP contribution in [0.3, 0.4) is 0 Å². The summed E-state index contributed by atoms with van der Waals surface area (Å²) in [6, 6.07) is 20.8. The van der Waals surface area contributed by atoms with E-state index in [0.717, 1.165) is 63.7 Å². The van der Waals surface area contributed by atoms with Gasteiger partial charge in [0, 0.05) is 101 Å². The molecule has 1 fully saturated rings. The Morgan fingerprint density at radius 1 is 0.596 bits per heavy atom. The van der Waals surface area contributed by atoms with Crippen LogP contribution in [-0.4, -0.2) is 142 Å². The largest absolute Gasteiger partial charge is 0.496 e. The van der Waals surface area contributed by atoms with E-state index in [4.69, 9.17) is 43.9 Å². The lowest BCUT2D eigenvalue weighted by molar-refractivity contribution is -0.235. The van der Waals surface area contributed by atoms with E-state index in [-0.39, 0.29) is 66.8 Å². The van der Waals surface area contributed by atoms with Gasteiger partial charge in [-0.05, 0) is 164 Å². The number of halogens is 9. The van der Waals surface area contributed by atoms with Crippen molar-refractivity contribution in [3.63, 3.8) is 0 Å². The van der Waals surface area contributed by atoms with Gasteiger partial charge in [0.15, 0.2) is 39.9 Å². The van der Waals surface area contributed by atoms with Gasteiger partial charge >= 0.3 is 25.4 Å². The predicted octanol–water partition coefficient (Wildman–Crippen LogP) is 14.0. The van der Waals surface area contributed by atoms with Crippen LogP contribution in [0.4, 0.5) is 38.0 Å². The van der Waals surface area contributed by atoms with E-state index in [1.165, 1.54) is 31.6 Å². The molecule has 94 heavy (non-hydrogen) atoms. The Balaban J connectivity index is 0.00000116. The number of nitrogens with two attached hydrogens (primary N) is 1. The lowest BCUT2D eigenvalue weighted by Crippen LogP contribution is -2.45. The second kappa shape index (κ2) is 39.2. The molecule has 0 unspecified atom stereocenters. The molecule has 0 atom stereocenters. The zero-order chi connectivity index (χ0) is 67.3. The van der Waals surface area contributed by atoms with Gasteiger partial charge in [-0.1, -0.05) is 42.7 Å². The number of carboxylic acid groups (broad SMARTS) is 1. The molecule has 0 bridgehead atoms. The standard InChI is InChI=1S/C17H17F3N4O2.C15H21BF3NO3.C9H11BrN2O2.C8H8BrN3O.C5H6BrN3.C3H6O2.4CH4/c1-16(2,17(18,19)20)26-15-7-5-11(8-21-15)12-4-6-13-22-23-14(10-25-3)24(13)9-12;1-12(2)13(3,4)23-16(22-12)10-7-8-11(20-9-10)21-14(5,6)15(17,18)19;1-14-6-8(13)5-12-9-3-2-7(10)4-11-9;1-13-5-8-11-10-7-3-2-6(9)4-12(7)8;6-4-1-2-5(9-7)8-3-4;1-2-3(4)5;;;;/h4-9H,10H2,1-3H3;7-9H,1-6H3;2-4H,5-6H2,1H3,(H,11,12);2-4H,5H2,1H3;1-3H,7H2,(H,8,9);2H2,1H3,(H,4,5);4*1H4. The van der Waals surface area contributed by atoms with Gasteiger partial charge in [-0.25, -0.2) is 25.8 Å². The van der Waals surface area contributed by atoms with Gasteiger partial charge in [0.2, 0.25) is 11.8 Å². The van der Waals surface area contributed by atoms with Gasteiger partial charge in [0.1, 0.15) is 31.5 Å². The van der Waals surface area contributed by atoms with Crippen LogP contribution in [0.25, 0.3) is 22.4 Å². The fourth-order valence-corrected chi connectivity index (χ4v) is 7.45. The number of nitrogens with one attached hydrogen (secondary N) is 2. The maximum atomic E-state index is 12.9. The molecule has 9 heterocycles. The quantitative estimate of drug-likeness (QED) is 0.0285. The lowest BCUT2D eigenvalue weighted by Gasteiger charge is -2.32. The van der Waals surface area contributed by atoms with Crippen molar-refractivity contribution in [2.45, 2.75) is 146 Å². The Morgan fingerprint density at radius 3 is 1.43 bits per heavy atom. The van der Waals surface area contributed by atoms with Crippen molar-refractivity contribution in [1.29, 1.82) is 0 Å². The minimum Gasteiger partial charge on any atom is -0.481 e. The second-order valence-electron chi connectivity index (χ2n) is 20.9. The van der Waals surface area contributed by atoms with Crippen LogP contribution in [0.1, 0.15) is 110 Å². The molecule has 0 aliphatic carbocycles. The van der Waals surface area contributed by atoms with Crippen LogP contribution >= 0.6 is 47.8 Å². The highest BCUT2D eigenvalue weighted by Gasteiger charge is 2.53. The Kier molecular flexibility index (Phi) is 36.3. The number of anilines is 2. The molecule has 520 valence electrons. The highest BCUT2D eigenvalue weighted by Crippen LogP contribution is 2.38. The van der Waals surface area contributed by atoms with Crippen molar-refractivity contribution < 1.29 is 74.0 Å². The number of carboxylic acids is 1. The summed E-state index contributed by atoms with van der Waals surface area (Å²) in [7, 11) is 4.09. The van der Waals surface area contributed by atoms with Crippen molar-refractivity contribution in [2.24, 2.45) is 5.84 Å². The number of fused-ring (bicyclic) bond motifs is 2. The zero-order valence-corrected chi connectivity index (χ0v) is 55.8. The first-order valence-electron chi connectivity index (χ1n) is 26.9. The smallest absolute Gasteiger partial charge is 0.481 e. The number of hydrazine groups is 1. The average molecular weight is 1520 g/mol. The van der Waals surface area contributed by atoms with E-state index in [1.54, 1.807) is 68.3 Å². The fourth-order valence-electron chi connectivity index (χ4n) is 6.64. The number of aromatic nitrogens is 10. The van der Waals surface area contributed by atoms with Crippen LogP contribution in [0, 0.1) is 0 Å². The Bertz CT molecular complexity index is 3500. The first kappa shape index (κ1) is 87.0. The van der Waals surface area contributed by atoms with Gasteiger partial charge in [-0.2, -0.15) is 26.3 Å². The molecule has 23 nitrogen and oxygen atoms in total. The molecule has 1 saturated heterocycles. The number of nitrogens with zero attached hydrogens (tertiary/aromatic N) is 10. The first-order valence-corrected chi connectivity index (χ1v) is 29.2. The molecule has 5 N–H and O–H groups in total. The third kappa shape index (κ3) is 26.7. The number of pyridine rings is 6. The average Bonchev–Trinajstić information content (AvgIpc) is 1.58. The van der Waals surface area contributed by atoms with Gasteiger partial charge < -0.3 is 48.8 Å². The lowest BCUT2D eigenvalue weighted by atomic mass is 9.80. The normalized spacial score (nSPS) is 12.8. The summed E-state index contributed by atoms with van der Waals surface area (Å²) in [5.74, 6) is 6.91. The van der Waals surface area contributed by atoms with Crippen LogP contribution in [-0.2, 0) is 46.3 Å². The SMILES string of the molecule is C.C.C.C.CC(C)(Oc1ccc(B2OC(C)(C)C(C)(C)O2)cn1)C(F)(F)F.CCC(=O)O.COCC(=O)CNc1ccc(Br)cn1.COCc1nnc2ccc(-c3ccc(OC(C)(C)C(F)(F)F)nc3)cn12.COCc1nnc2ccc(Br)cn12.NNc1ccc(Br)cn1. The molecule has 0 radical (unpaired) electrons. The predicted molar refractivity (Wildman–Crippen MR) is 362 cm³/mol. The van der Waals surface area contributed by atoms with Gasteiger partial charge in [-0.3, -0.25) is 18.4 Å². The van der Waals surface area contributed by atoms with E-state index in [9.17, 15) is 35.9 Å². The molecular formula is C61H85BBr3F6N13O10. The highest BCUT2D eigenvalue weighted by atomic mass is 79.9. The number of hydrogen-bond acceptors (Lipinski definition) is 20. The molecule has 1 aliphatic heterocycles. The van der Waals surface area contributed by atoms with Gasteiger partial charge in [0.25, 0.3) is 0 Å². The molecule has 0 aromatic carbocycles. The molecule has 0 spiro atoms. The van der Waals surface area contributed by atoms with Crippen LogP contribution in [0.5, 0.6) is 11.8 Å². The minimum absolute atomic E-state index is 0. The molecule has 0 saturated carbocycles. The number of ketones is 1. The summed E-state index contributed by atoms with van der Waals surface area (Å²) in [4.78, 5) is 36.3. The van der Waals surface area contributed by atoms with Crippen molar-refractivity contribution in [3.05, 3.63) is 135 Å². The molecule has 8 aromatic rings. The first-order chi connectivity index (χ1) is 42.1. The van der Waals surface area contributed by atoms with E-state index in [2.05, 4.69) is 98.9 Å². The molecule has 8 aromatic heterocycles. The Labute approximate surface area is 570 Å². The second-order valence-corrected chi connectivity index (χ2v) is 23.6. The van der Waals surface area contributed by atoms with Gasteiger partial charge in [0.05, 0.1) is 17.7 Å². The summed E-state index contributed by atoms with van der Waals surface area (Å²) in [5, 5.41) is 26.7. The number of nitrogen functional groups attached to an aromatic ring is 1. The van der Waals surface area contributed by atoms with E-state index >= 15 is 0 Å². The summed E-state index contributed by atoms with van der Waals surface area (Å²) in [6.45, 7) is 14.3. The maximum Gasteiger partial charge on any atom is 0.496 e. The number of aliphatic carboxylic acids is 1. The number of alkyl halides is 6. The van der Waals surface area contributed by atoms with Crippen LogP contribution < -0.4 is 31.5 Å². The number of carbonyl (C=O) groups is 2.